The molecule has 1 aromatic rings. The molecule has 1 amide bonds. The first-order valence-electron chi connectivity index (χ1n) is 10.3. The predicted molar refractivity (Wildman–Crippen MR) is 119 cm³/mol. The Hall–Kier alpha value is -1.68. The second-order valence-corrected chi connectivity index (χ2v) is 7.56. The van der Waals surface area contributed by atoms with Crippen molar-refractivity contribution >= 4 is 28.9 Å². The number of amides is 1. The number of carbonyl (C=O) groups is 1. The molecule has 4 nitrogen and oxygen atoms in total. The van der Waals surface area contributed by atoms with Gasteiger partial charge in [-0.15, -0.1) is 0 Å². The molecule has 0 aliphatic carbocycles. The summed E-state index contributed by atoms with van der Waals surface area (Å²) < 4.78 is 0. The van der Waals surface area contributed by atoms with Gasteiger partial charge in [-0.2, -0.15) is 0 Å². The maximum Gasteiger partial charge on any atom is 0.250 e. The molecule has 0 saturated heterocycles. The van der Waals surface area contributed by atoms with Crippen LogP contribution in [-0.4, -0.2) is 19.0 Å². The van der Waals surface area contributed by atoms with E-state index in [4.69, 9.17) is 17.3 Å². The topological polar surface area (TPSA) is 58.4 Å². The third-order valence-corrected chi connectivity index (χ3v) is 4.78. The highest BCUT2D eigenvalue weighted by Crippen LogP contribution is 2.30. The highest BCUT2D eigenvalue weighted by Gasteiger charge is 2.11. The number of nitrogens with one attached hydrogen (secondary N) is 1. The van der Waals surface area contributed by atoms with Gasteiger partial charge in [-0.3, -0.25) is 4.79 Å². The molecule has 0 heterocycles. The monoisotopic (exact) mass is 393 g/mol. The summed E-state index contributed by atoms with van der Waals surface area (Å²) in [7, 11) is 0. The molecule has 0 aliphatic heterocycles. The average Bonchev–Trinajstić information content (AvgIpc) is 2.60. The lowest BCUT2D eigenvalue weighted by molar-refractivity contribution is -0.111. The molecule has 0 bridgehead atoms. The Labute approximate surface area is 170 Å². The first-order valence-corrected chi connectivity index (χ1v) is 10.6. The molecule has 1 rings (SSSR count). The Morgan fingerprint density at radius 2 is 1.67 bits per heavy atom. The first kappa shape index (κ1) is 23.4. The molecule has 0 aliphatic rings. The van der Waals surface area contributed by atoms with Gasteiger partial charge in [-0.1, -0.05) is 64.0 Å². The quantitative estimate of drug-likeness (QED) is 0.314. The van der Waals surface area contributed by atoms with Gasteiger partial charge in [0.2, 0.25) is 5.91 Å². The number of carbonyl (C=O) groups excluding carboxylic acids is 1. The van der Waals surface area contributed by atoms with Crippen molar-refractivity contribution in [2.75, 3.05) is 23.3 Å². The minimum absolute atomic E-state index is 0.241. The molecule has 0 fully saturated rings. The number of halogens is 1. The van der Waals surface area contributed by atoms with Crippen LogP contribution < -0.4 is 16.0 Å². The van der Waals surface area contributed by atoms with E-state index in [1.165, 1.54) is 57.4 Å². The highest BCUT2D eigenvalue weighted by atomic mass is 35.5. The maximum absolute atomic E-state index is 11.8. The number of nitrogens with two attached hydrogens (primary N) is 1. The van der Waals surface area contributed by atoms with Gasteiger partial charge in [-0.25, -0.2) is 0 Å². The summed E-state index contributed by atoms with van der Waals surface area (Å²) in [5, 5.41) is 3.48. The highest BCUT2D eigenvalue weighted by molar-refractivity contribution is 6.33. The van der Waals surface area contributed by atoms with E-state index >= 15 is 0 Å². The van der Waals surface area contributed by atoms with Crippen LogP contribution in [-0.2, 0) is 4.79 Å². The summed E-state index contributed by atoms with van der Waals surface area (Å²) in [4.78, 5) is 14.2. The zero-order chi connectivity index (χ0) is 20.1. The molecule has 5 heteroatoms. The fourth-order valence-corrected chi connectivity index (χ4v) is 3.34. The van der Waals surface area contributed by atoms with Gasteiger partial charge in [0.15, 0.2) is 0 Å². The predicted octanol–water partition coefficient (Wildman–Crippen LogP) is 6.11. The summed E-state index contributed by atoms with van der Waals surface area (Å²) in [5.41, 5.74) is 7.75. The fourth-order valence-electron chi connectivity index (χ4n) is 3.04. The van der Waals surface area contributed by atoms with Crippen LogP contribution >= 0.6 is 11.6 Å². The molecule has 1 aromatic carbocycles. The van der Waals surface area contributed by atoms with Gasteiger partial charge in [0.1, 0.15) is 0 Å². The minimum Gasteiger partial charge on any atom is -0.402 e. The van der Waals surface area contributed by atoms with Crippen LogP contribution in [0.3, 0.4) is 0 Å². The smallest absolute Gasteiger partial charge is 0.250 e. The molecule has 0 saturated carbocycles. The van der Waals surface area contributed by atoms with Crippen molar-refractivity contribution in [3.05, 3.63) is 35.0 Å². The third-order valence-electron chi connectivity index (χ3n) is 4.48. The van der Waals surface area contributed by atoms with Crippen molar-refractivity contribution in [1.29, 1.82) is 0 Å². The Morgan fingerprint density at radius 1 is 1.07 bits per heavy atom. The molecule has 0 radical (unpaired) electrons. The van der Waals surface area contributed by atoms with Crippen LogP contribution in [0.5, 0.6) is 0 Å². The Morgan fingerprint density at radius 3 is 2.15 bits per heavy atom. The largest absolute Gasteiger partial charge is 0.402 e. The normalized spacial score (nSPS) is 11.5. The number of allylic oxidation sites excluding steroid dienone is 1. The molecule has 152 valence electrons. The van der Waals surface area contributed by atoms with Crippen LogP contribution in [0.25, 0.3) is 0 Å². The van der Waals surface area contributed by atoms with Crippen LogP contribution in [0.4, 0.5) is 11.4 Å². The number of benzene rings is 1. The second kappa shape index (κ2) is 13.5. The minimum atomic E-state index is -0.241. The lowest BCUT2D eigenvalue weighted by Gasteiger charge is -2.26. The maximum atomic E-state index is 11.8. The number of hydrogen-bond donors (Lipinski definition) is 2. The Kier molecular flexibility index (Phi) is 11.7. The number of rotatable bonds is 13. The van der Waals surface area contributed by atoms with Gasteiger partial charge in [0, 0.05) is 30.5 Å². The Balaban J connectivity index is 2.79. The summed E-state index contributed by atoms with van der Waals surface area (Å²) in [6, 6.07) is 5.74. The molecule has 3 N–H and O–H groups in total. The van der Waals surface area contributed by atoms with Gasteiger partial charge in [0.25, 0.3) is 0 Å². The van der Waals surface area contributed by atoms with E-state index in [0.717, 1.165) is 18.8 Å². The fraction of sp³-hybridized carbons (Fsp3) is 0.591. The van der Waals surface area contributed by atoms with Gasteiger partial charge in [0.05, 0.1) is 10.7 Å². The van der Waals surface area contributed by atoms with Gasteiger partial charge >= 0.3 is 0 Å². The summed E-state index contributed by atoms with van der Waals surface area (Å²) in [6.45, 7) is 8.19. The number of nitrogens with zero attached hydrogens (tertiary/aromatic N) is 1. The van der Waals surface area contributed by atoms with Crippen LogP contribution in [0, 0.1) is 0 Å². The van der Waals surface area contributed by atoms with Crippen LogP contribution in [0.15, 0.2) is 30.0 Å². The van der Waals surface area contributed by atoms with E-state index in [2.05, 4.69) is 24.1 Å². The standard InChI is InChI=1S/C22H36ClN3O/c1-4-6-8-10-14-26(15-11-9-7-5-2)21-13-12-19(17-20(21)23)25-22(27)16-18(3)24/h12-13,16-17H,4-11,14-15,24H2,1-3H3,(H,25,27)/b18-16-. The molecule has 0 unspecified atom stereocenters. The third kappa shape index (κ3) is 9.71. The SMILES string of the molecule is CCCCCCN(CCCCCC)c1ccc(NC(=O)/C=C(/C)N)cc1Cl. The zero-order valence-electron chi connectivity index (χ0n) is 17.2. The van der Waals surface area contributed by atoms with Crippen molar-refractivity contribution in [1.82, 2.24) is 0 Å². The molecular formula is C22H36ClN3O. The second-order valence-electron chi connectivity index (χ2n) is 7.15. The first-order chi connectivity index (χ1) is 13.0. The van der Waals surface area contributed by atoms with Crippen LogP contribution in [0.1, 0.15) is 72.1 Å². The summed E-state index contributed by atoms with van der Waals surface area (Å²) in [6.07, 6.45) is 11.2. The van der Waals surface area contributed by atoms with Crippen molar-refractivity contribution in [3.8, 4) is 0 Å². The summed E-state index contributed by atoms with van der Waals surface area (Å²) >= 11 is 6.56. The lowest BCUT2D eigenvalue weighted by Crippen LogP contribution is -2.26. The Bertz CT molecular complexity index is 585. The number of hydrogen-bond acceptors (Lipinski definition) is 3. The van der Waals surface area contributed by atoms with E-state index in [-0.39, 0.29) is 5.91 Å². The van der Waals surface area contributed by atoms with Gasteiger partial charge < -0.3 is 16.0 Å². The molecule has 0 aromatic heterocycles. The van der Waals surface area contributed by atoms with Crippen molar-refractivity contribution in [2.24, 2.45) is 5.73 Å². The van der Waals surface area contributed by atoms with E-state index in [0.29, 0.717) is 16.4 Å². The average molecular weight is 394 g/mol. The zero-order valence-corrected chi connectivity index (χ0v) is 17.9. The van der Waals surface area contributed by atoms with Crippen molar-refractivity contribution in [2.45, 2.75) is 72.1 Å². The lowest BCUT2D eigenvalue weighted by atomic mass is 10.1. The number of anilines is 2. The van der Waals surface area contributed by atoms with E-state index in [1.807, 2.05) is 18.2 Å². The van der Waals surface area contributed by atoms with E-state index < -0.39 is 0 Å². The molecule has 0 spiro atoms. The number of unbranched alkanes of at least 4 members (excludes halogenated alkanes) is 6. The molecule has 27 heavy (non-hydrogen) atoms. The van der Waals surface area contributed by atoms with E-state index in [9.17, 15) is 4.79 Å². The molecule has 0 atom stereocenters. The summed E-state index contributed by atoms with van der Waals surface area (Å²) in [5.74, 6) is -0.241. The van der Waals surface area contributed by atoms with Crippen molar-refractivity contribution in [3.63, 3.8) is 0 Å². The van der Waals surface area contributed by atoms with E-state index in [1.54, 1.807) is 6.92 Å². The van der Waals surface area contributed by atoms with Gasteiger partial charge in [-0.05, 0) is 38.0 Å². The van der Waals surface area contributed by atoms with Crippen LogP contribution in [0.2, 0.25) is 5.02 Å². The van der Waals surface area contributed by atoms with Crippen molar-refractivity contribution < 1.29 is 4.79 Å². The molecular weight excluding hydrogens is 358 g/mol.